The molecule has 0 spiro atoms. The largest absolute Gasteiger partial charge is 0.456 e. The summed E-state index contributed by atoms with van der Waals surface area (Å²) in [6.07, 6.45) is 0.783. The second-order valence-electron chi connectivity index (χ2n) is 4.54. The summed E-state index contributed by atoms with van der Waals surface area (Å²) in [6, 6.07) is 9.24. The Kier molecular flexibility index (Phi) is 3.76. The van der Waals surface area contributed by atoms with Gasteiger partial charge in [0, 0.05) is 28.6 Å². The lowest BCUT2D eigenvalue weighted by molar-refractivity contribution is 0.0959. The van der Waals surface area contributed by atoms with Crippen LogP contribution in [0.2, 0.25) is 5.02 Å². The van der Waals surface area contributed by atoms with E-state index < -0.39 is 0 Å². The van der Waals surface area contributed by atoms with Crippen LogP contribution in [0.3, 0.4) is 0 Å². The van der Waals surface area contributed by atoms with Gasteiger partial charge in [-0.25, -0.2) is 0 Å². The molecule has 0 bridgehead atoms. The molecule has 3 nitrogen and oxygen atoms in total. The van der Waals surface area contributed by atoms with Crippen LogP contribution in [0.4, 0.5) is 5.69 Å². The van der Waals surface area contributed by atoms with E-state index in [9.17, 15) is 4.79 Å². The highest BCUT2D eigenvalue weighted by Gasteiger charge is 2.26. The van der Waals surface area contributed by atoms with E-state index >= 15 is 0 Å². The van der Waals surface area contributed by atoms with Crippen LogP contribution in [0.1, 0.15) is 23.2 Å². The predicted molar refractivity (Wildman–Crippen MR) is 81.9 cm³/mol. The van der Waals surface area contributed by atoms with Crippen LogP contribution in [0.25, 0.3) is 0 Å². The van der Waals surface area contributed by atoms with Crippen molar-refractivity contribution in [2.24, 2.45) is 0 Å². The van der Waals surface area contributed by atoms with Gasteiger partial charge in [-0.05, 0) is 30.3 Å². The van der Waals surface area contributed by atoms with Crippen LogP contribution in [-0.2, 0) is 6.42 Å². The lowest BCUT2D eigenvalue weighted by atomic mass is 10.2. The van der Waals surface area contributed by atoms with Crippen LogP contribution in [-0.4, -0.2) is 18.2 Å². The molecular formula is C15H14ClNO2S. The first-order valence-electron chi connectivity index (χ1n) is 6.52. The Bertz CT molecular complexity index is 653. The number of carbonyl (C=O) groups excluding carboxylic acids is 1. The summed E-state index contributed by atoms with van der Waals surface area (Å²) in [5, 5.41) is 0.637. The van der Waals surface area contributed by atoms with E-state index in [0.29, 0.717) is 17.3 Å². The number of fused-ring (bicyclic) bond motifs is 1. The van der Waals surface area contributed by atoms with Crippen LogP contribution in [0.15, 0.2) is 39.6 Å². The highest BCUT2D eigenvalue weighted by molar-refractivity contribution is 7.99. The van der Waals surface area contributed by atoms with Gasteiger partial charge in [0.1, 0.15) is 5.76 Å². The number of amides is 1. The molecular weight excluding hydrogens is 294 g/mol. The lowest BCUT2D eigenvalue weighted by Crippen LogP contribution is -2.35. The van der Waals surface area contributed by atoms with Crippen molar-refractivity contribution in [3.63, 3.8) is 0 Å². The summed E-state index contributed by atoms with van der Waals surface area (Å²) in [4.78, 5) is 15.4. The van der Waals surface area contributed by atoms with Crippen LogP contribution in [0.5, 0.6) is 0 Å². The number of nitrogens with zero attached hydrogens (tertiary/aromatic N) is 1. The van der Waals surface area contributed by atoms with Crippen molar-refractivity contribution in [2.75, 3.05) is 17.2 Å². The topological polar surface area (TPSA) is 33.5 Å². The summed E-state index contributed by atoms with van der Waals surface area (Å²) >= 11 is 7.79. The van der Waals surface area contributed by atoms with E-state index in [1.54, 1.807) is 22.7 Å². The van der Waals surface area contributed by atoms with Gasteiger partial charge in [0.05, 0.1) is 5.69 Å². The van der Waals surface area contributed by atoms with E-state index in [4.69, 9.17) is 16.0 Å². The van der Waals surface area contributed by atoms with Crippen molar-refractivity contribution >= 4 is 35.0 Å². The molecule has 1 aromatic heterocycles. The molecule has 1 aromatic carbocycles. The first kappa shape index (κ1) is 13.6. The Labute approximate surface area is 126 Å². The first-order chi connectivity index (χ1) is 9.69. The van der Waals surface area contributed by atoms with E-state index in [0.717, 1.165) is 28.5 Å². The average molecular weight is 308 g/mol. The molecule has 20 heavy (non-hydrogen) atoms. The molecule has 2 aromatic rings. The molecule has 1 aliphatic heterocycles. The van der Waals surface area contributed by atoms with E-state index in [-0.39, 0.29) is 5.91 Å². The van der Waals surface area contributed by atoms with Crippen molar-refractivity contribution in [1.29, 1.82) is 0 Å². The van der Waals surface area contributed by atoms with Gasteiger partial charge < -0.3 is 9.32 Å². The van der Waals surface area contributed by atoms with Gasteiger partial charge in [-0.1, -0.05) is 18.5 Å². The Hall–Kier alpha value is -1.39. The van der Waals surface area contributed by atoms with Crippen molar-refractivity contribution in [1.82, 2.24) is 0 Å². The van der Waals surface area contributed by atoms with Crippen LogP contribution < -0.4 is 4.90 Å². The Morgan fingerprint density at radius 1 is 1.40 bits per heavy atom. The highest BCUT2D eigenvalue weighted by atomic mass is 35.5. The van der Waals surface area contributed by atoms with Crippen molar-refractivity contribution < 1.29 is 9.21 Å². The molecule has 0 aliphatic carbocycles. The van der Waals surface area contributed by atoms with Gasteiger partial charge in [-0.3, -0.25) is 4.79 Å². The van der Waals surface area contributed by atoms with Gasteiger partial charge in [0.25, 0.3) is 5.91 Å². The average Bonchev–Trinajstić information content (AvgIpc) is 2.94. The second-order valence-corrected chi connectivity index (χ2v) is 6.11. The molecule has 104 valence electrons. The minimum atomic E-state index is -0.103. The van der Waals surface area contributed by atoms with E-state index in [1.165, 1.54) is 0 Å². The lowest BCUT2D eigenvalue weighted by Gasteiger charge is -2.28. The van der Waals surface area contributed by atoms with Gasteiger partial charge >= 0.3 is 0 Å². The fourth-order valence-electron chi connectivity index (χ4n) is 2.22. The molecule has 0 unspecified atom stereocenters. The fraction of sp³-hybridized carbons (Fsp3) is 0.267. The zero-order chi connectivity index (χ0) is 14.1. The summed E-state index contributed by atoms with van der Waals surface area (Å²) < 4.78 is 5.56. The molecule has 0 fully saturated rings. The summed E-state index contributed by atoms with van der Waals surface area (Å²) in [5.41, 5.74) is 0.869. The Morgan fingerprint density at radius 3 is 3.00 bits per heavy atom. The molecule has 1 aliphatic rings. The number of halogens is 1. The van der Waals surface area contributed by atoms with Crippen molar-refractivity contribution in [3.05, 3.63) is 46.9 Å². The van der Waals surface area contributed by atoms with Gasteiger partial charge in [0.2, 0.25) is 0 Å². The van der Waals surface area contributed by atoms with E-state index in [2.05, 4.69) is 0 Å². The van der Waals surface area contributed by atoms with Gasteiger partial charge in [-0.2, -0.15) is 0 Å². The monoisotopic (exact) mass is 307 g/mol. The minimum absolute atomic E-state index is 0.103. The maximum Gasteiger partial charge on any atom is 0.294 e. The third-order valence-electron chi connectivity index (χ3n) is 3.25. The normalized spacial score (nSPS) is 14.2. The zero-order valence-corrected chi connectivity index (χ0v) is 12.6. The molecule has 0 N–H and O–H groups in total. The van der Waals surface area contributed by atoms with Crippen molar-refractivity contribution in [3.8, 4) is 0 Å². The third-order valence-corrected chi connectivity index (χ3v) is 4.53. The van der Waals surface area contributed by atoms with Crippen LogP contribution in [0, 0.1) is 0 Å². The molecule has 1 amide bonds. The fourth-order valence-corrected chi connectivity index (χ4v) is 3.36. The number of aryl methyl sites for hydroxylation is 1. The van der Waals surface area contributed by atoms with Crippen LogP contribution >= 0.6 is 23.4 Å². The molecule has 0 atom stereocenters. The smallest absolute Gasteiger partial charge is 0.294 e. The SMILES string of the molecule is CCc1ccc(C(=O)N2CCSc3ccc(Cl)cc32)o1. The van der Waals surface area contributed by atoms with Gasteiger partial charge in [-0.15, -0.1) is 11.8 Å². The number of carbonyl (C=O) groups is 1. The van der Waals surface area contributed by atoms with Gasteiger partial charge in [0.15, 0.2) is 5.76 Å². The number of benzene rings is 1. The summed E-state index contributed by atoms with van der Waals surface area (Å²) in [7, 11) is 0. The Morgan fingerprint density at radius 2 is 2.25 bits per heavy atom. The second kappa shape index (κ2) is 5.54. The Balaban J connectivity index is 1.95. The number of rotatable bonds is 2. The number of hydrogen-bond acceptors (Lipinski definition) is 3. The molecule has 2 heterocycles. The maximum atomic E-state index is 12.6. The summed E-state index contributed by atoms with van der Waals surface area (Å²) in [5.74, 6) is 1.99. The number of anilines is 1. The summed E-state index contributed by atoms with van der Waals surface area (Å²) in [6.45, 7) is 2.67. The number of thioether (sulfide) groups is 1. The molecule has 0 saturated carbocycles. The first-order valence-corrected chi connectivity index (χ1v) is 7.88. The molecule has 3 rings (SSSR count). The highest BCUT2D eigenvalue weighted by Crippen LogP contribution is 2.37. The number of hydrogen-bond donors (Lipinski definition) is 0. The zero-order valence-electron chi connectivity index (χ0n) is 11.1. The molecule has 0 saturated heterocycles. The maximum absolute atomic E-state index is 12.6. The quantitative estimate of drug-likeness (QED) is 0.831. The molecule has 5 heteroatoms. The standard InChI is InChI=1S/C15H14ClNO2S/c1-2-11-4-5-13(19-11)15(18)17-7-8-20-14-6-3-10(16)9-12(14)17/h3-6,9H,2,7-8H2,1H3. The predicted octanol–water partition coefficient (Wildman–Crippen LogP) is 4.25. The third kappa shape index (κ3) is 2.45. The van der Waals surface area contributed by atoms with Crippen molar-refractivity contribution in [2.45, 2.75) is 18.2 Å². The molecule has 0 radical (unpaired) electrons. The van der Waals surface area contributed by atoms with E-state index in [1.807, 2.05) is 31.2 Å². The minimum Gasteiger partial charge on any atom is -0.456 e. The number of furan rings is 1.